The molecule has 0 amide bonds. The summed E-state index contributed by atoms with van der Waals surface area (Å²) in [5.74, 6) is 1.22. The molecule has 110 valence electrons. The summed E-state index contributed by atoms with van der Waals surface area (Å²) in [4.78, 5) is 19.4. The highest BCUT2D eigenvalue weighted by Gasteiger charge is 2.22. The summed E-state index contributed by atoms with van der Waals surface area (Å²) in [5.41, 5.74) is 3.15. The maximum absolute atomic E-state index is 4.80. The largest absolute Gasteiger partial charge is 0.347 e. The number of rotatable bonds is 3. The lowest BCUT2D eigenvalue weighted by Gasteiger charge is -2.25. The summed E-state index contributed by atoms with van der Waals surface area (Å²) in [6.07, 6.45) is 9.30. The molecule has 0 bridgehead atoms. The summed E-state index contributed by atoms with van der Waals surface area (Å²) >= 11 is 0. The summed E-state index contributed by atoms with van der Waals surface area (Å²) in [6.45, 7) is 2.08. The second kappa shape index (κ2) is 6.13. The number of piperidine rings is 1. The van der Waals surface area contributed by atoms with Crippen LogP contribution in [0, 0.1) is 0 Å². The highest BCUT2D eigenvalue weighted by molar-refractivity contribution is 5.64. The smallest absolute Gasteiger partial charge is 0.225 e. The quantitative estimate of drug-likeness (QED) is 0.920. The normalized spacial score (nSPS) is 15.9. The van der Waals surface area contributed by atoms with Gasteiger partial charge in [-0.15, -0.1) is 0 Å². The number of nitrogens with one attached hydrogen (secondary N) is 1. The Morgan fingerprint density at radius 2 is 1.81 bits per heavy atom. The van der Waals surface area contributed by atoms with Gasteiger partial charge in [0.1, 0.15) is 6.33 Å². The average Bonchev–Trinajstić information content (AvgIpc) is 2.56. The van der Waals surface area contributed by atoms with Crippen LogP contribution in [0.2, 0.25) is 0 Å². The highest BCUT2D eigenvalue weighted by atomic mass is 15.2. The number of anilines is 1. The zero-order chi connectivity index (χ0) is 14.7. The lowest BCUT2D eigenvalue weighted by Crippen LogP contribution is -2.27. The van der Waals surface area contributed by atoms with Crippen LogP contribution in [-0.4, -0.2) is 47.1 Å². The van der Waals surface area contributed by atoms with E-state index in [2.05, 4.69) is 20.3 Å². The van der Waals surface area contributed by atoms with Crippen LogP contribution in [0.4, 0.5) is 5.95 Å². The topological polar surface area (TPSA) is 66.8 Å². The predicted octanol–water partition coefficient (Wildman–Crippen LogP) is 1.47. The minimum atomic E-state index is 0.461. The Kier molecular flexibility index (Phi) is 4.06. The van der Waals surface area contributed by atoms with E-state index in [1.165, 1.54) is 0 Å². The van der Waals surface area contributed by atoms with E-state index in [9.17, 15) is 0 Å². The van der Waals surface area contributed by atoms with Crippen LogP contribution in [0.5, 0.6) is 0 Å². The molecular weight excluding hydrogens is 264 g/mol. The second-order valence-electron chi connectivity index (χ2n) is 5.51. The van der Waals surface area contributed by atoms with Crippen LogP contribution in [-0.2, 0) is 0 Å². The van der Waals surface area contributed by atoms with Gasteiger partial charge in [0.15, 0.2) is 0 Å². The van der Waals surface area contributed by atoms with E-state index in [0.29, 0.717) is 5.92 Å². The fourth-order valence-corrected chi connectivity index (χ4v) is 2.67. The fourth-order valence-electron chi connectivity index (χ4n) is 2.67. The predicted molar refractivity (Wildman–Crippen MR) is 82.2 cm³/mol. The zero-order valence-corrected chi connectivity index (χ0v) is 12.5. The van der Waals surface area contributed by atoms with Gasteiger partial charge in [0.2, 0.25) is 5.95 Å². The molecule has 6 nitrogen and oxygen atoms in total. The van der Waals surface area contributed by atoms with E-state index >= 15 is 0 Å². The molecule has 1 N–H and O–H groups in total. The number of nitrogens with zero attached hydrogens (tertiary/aromatic N) is 5. The van der Waals surface area contributed by atoms with E-state index in [1.54, 1.807) is 6.33 Å². The van der Waals surface area contributed by atoms with Crippen molar-refractivity contribution in [2.45, 2.75) is 18.8 Å². The molecule has 6 heteroatoms. The summed E-state index contributed by atoms with van der Waals surface area (Å²) < 4.78 is 0. The monoisotopic (exact) mass is 284 g/mol. The fraction of sp³-hybridized carbons (Fsp3) is 0.467. The third kappa shape index (κ3) is 3.00. The van der Waals surface area contributed by atoms with Crippen LogP contribution in [0.1, 0.15) is 24.5 Å². The summed E-state index contributed by atoms with van der Waals surface area (Å²) in [6, 6.07) is 0. The van der Waals surface area contributed by atoms with Crippen LogP contribution in [0.25, 0.3) is 11.1 Å². The Labute approximate surface area is 124 Å². The van der Waals surface area contributed by atoms with E-state index in [-0.39, 0.29) is 0 Å². The first-order valence-electron chi connectivity index (χ1n) is 7.26. The molecule has 21 heavy (non-hydrogen) atoms. The van der Waals surface area contributed by atoms with Gasteiger partial charge in [-0.1, -0.05) is 0 Å². The maximum Gasteiger partial charge on any atom is 0.225 e. The van der Waals surface area contributed by atoms with Gasteiger partial charge in [-0.3, -0.25) is 0 Å². The van der Waals surface area contributed by atoms with Crippen molar-refractivity contribution < 1.29 is 0 Å². The average molecular weight is 284 g/mol. The lowest BCUT2D eigenvalue weighted by atomic mass is 9.90. The van der Waals surface area contributed by atoms with Gasteiger partial charge in [-0.25, -0.2) is 19.9 Å². The highest BCUT2D eigenvalue weighted by Crippen LogP contribution is 2.32. The molecule has 0 spiro atoms. The lowest BCUT2D eigenvalue weighted by molar-refractivity contribution is 0.453. The van der Waals surface area contributed by atoms with E-state index < -0.39 is 0 Å². The van der Waals surface area contributed by atoms with Gasteiger partial charge >= 0.3 is 0 Å². The Balaban J connectivity index is 2.05. The minimum Gasteiger partial charge on any atom is -0.347 e. The van der Waals surface area contributed by atoms with Gasteiger partial charge in [0.25, 0.3) is 0 Å². The first-order chi connectivity index (χ1) is 10.3. The molecule has 0 saturated carbocycles. The third-order valence-electron chi connectivity index (χ3n) is 3.80. The van der Waals surface area contributed by atoms with E-state index in [4.69, 9.17) is 4.98 Å². The molecule has 1 aliphatic heterocycles. The van der Waals surface area contributed by atoms with E-state index in [1.807, 2.05) is 37.6 Å². The molecular formula is C15H20N6. The standard InChI is InChI=1S/C15H20N6/c1-21(2)15-19-9-13(12-7-17-10-18-8-12)14(20-15)11-3-5-16-6-4-11/h7-11,16H,3-6H2,1-2H3. The Hall–Kier alpha value is -2.08. The molecule has 1 fully saturated rings. The van der Waals surface area contributed by atoms with Crippen molar-refractivity contribution in [3.05, 3.63) is 30.6 Å². The first-order valence-corrected chi connectivity index (χ1v) is 7.26. The van der Waals surface area contributed by atoms with Crippen LogP contribution >= 0.6 is 0 Å². The van der Waals surface area contributed by atoms with Gasteiger partial charge in [-0.05, 0) is 25.9 Å². The molecule has 0 aromatic carbocycles. The maximum atomic E-state index is 4.80. The second-order valence-corrected chi connectivity index (χ2v) is 5.51. The molecule has 2 aromatic rings. The molecule has 0 atom stereocenters. The van der Waals surface area contributed by atoms with Gasteiger partial charge in [-0.2, -0.15) is 0 Å². The minimum absolute atomic E-state index is 0.461. The van der Waals surface area contributed by atoms with Gasteiger partial charge in [0, 0.05) is 49.7 Å². The Morgan fingerprint density at radius 3 is 2.48 bits per heavy atom. The van der Waals surface area contributed by atoms with Crippen LogP contribution < -0.4 is 10.2 Å². The van der Waals surface area contributed by atoms with Crippen molar-refractivity contribution in [2.24, 2.45) is 0 Å². The molecule has 1 aliphatic rings. The molecule has 0 radical (unpaired) electrons. The summed E-state index contributed by atoms with van der Waals surface area (Å²) in [5, 5.41) is 3.40. The van der Waals surface area contributed by atoms with Crippen molar-refractivity contribution in [1.82, 2.24) is 25.3 Å². The molecule has 0 aliphatic carbocycles. The zero-order valence-electron chi connectivity index (χ0n) is 12.5. The number of aromatic nitrogens is 4. The summed E-state index contributed by atoms with van der Waals surface area (Å²) in [7, 11) is 3.93. The van der Waals surface area contributed by atoms with E-state index in [0.717, 1.165) is 48.7 Å². The molecule has 2 aromatic heterocycles. The van der Waals surface area contributed by atoms with Gasteiger partial charge in [0.05, 0.1) is 5.69 Å². The van der Waals surface area contributed by atoms with Crippen molar-refractivity contribution in [3.8, 4) is 11.1 Å². The van der Waals surface area contributed by atoms with Crippen LogP contribution in [0.15, 0.2) is 24.9 Å². The van der Waals surface area contributed by atoms with Crippen molar-refractivity contribution in [1.29, 1.82) is 0 Å². The first kappa shape index (κ1) is 13.9. The Morgan fingerprint density at radius 1 is 1.10 bits per heavy atom. The molecule has 1 saturated heterocycles. The van der Waals surface area contributed by atoms with Crippen molar-refractivity contribution >= 4 is 5.95 Å². The van der Waals surface area contributed by atoms with Crippen LogP contribution in [0.3, 0.4) is 0 Å². The number of hydrogen-bond donors (Lipinski definition) is 1. The van der Waals surface area contributed by atoms with Crippen molar-refractivity contribution in [3.63, 3.8) is 0 Å². The Bertz CT molecular complexity index is 592. The molecule has 3 rings (SSSR count). The molecule has 3 heterocycles. The number of hydrogen-bond acceptors (Lipinski definition) is 6. The van der Waals surface area contributed by atoms with Crippen molar-refractivity contribution in [2.75, 3.05) is 32.1 Å². The SMILES string of the molecule is CN(C)c1ncc(-c2cncnc2)c(C2CCNCC2)n1. The third-order valence-corrected chi connectivity index (χ3v) is 3.80. The van der Waals surface area contributed by atoms with Gasteiger partial charge < -0.3 is 10.2 Å². The molecule has 0 unspecified atom stereocenters.